The largest absolute Gasteiger partial charge is 0.376 e. The molecule has 1 N–H and O–H groups in total. The van der Waals surface area contributed by atoms with E-state index in [9.17, 15) is 4.79 Å². The number of likely N-dealkylation sites (N-methyl/N-ethyl adjacent to an activating group) is 1. The Kier molecular flexibility index (Phi) is 5.53. The first-order valence-electron chi connectivity index (χ1n) is 7.51. The quantitative estimate of drug-likeness (QED) is 0.892. The average molecular weight is 297 g/mol. The molecule has 1 amide bonds. The molecule has 0 aliphatic carbocycles. The smallest absolute Gasteiger partial charge is 0.241 e. The highest BCUT2D eigenvalue weighted by atomic mass is 16.2. The number of nitrogens with one attached hydrogen (secondary N) is 1. The van der Waals surface area contributed by atoms with Crippen molar-refractivity contribution >= 4 is 11.6 Å². The summed E-state index contributed by atoms with van der Waals surface area (Å²) in [6, 6.07) is 10.0. The number of pyridine rings is 1. The van der Waals surface area contributed by atoms with Gasteiger partial charge in [0.1, 0.15) is 0 Å². The van der Waals surface area contributed by atoms with Crippen LogP contribution >= 0.6 is 0 Å². The zero-order valence-electron chi connectivity index (χ0n) is 13.5. The minimum atomic E-state index is 0.0926. The monoisotopic (exact) mass is 297 g/mol. The summed E-state index contributed by atoms with van der Waals surface area (Å²) < 4.78 is 0. The molecule has 0 spiro atoms. The van der Waals surface area contributed by atoms with E-state index in [0.29, 0.717) is 13.1 Å². The van der Waals surface area contributed by atoms with Gasteiger partial charge in [-0.3, -0.25) is 9.78 Å². The predicted molar refractivity (Wildman–Crippen MR) is 90.0 cm³/mol. The van der Waals surface area contributed by atoms with Gasteiger partial charge in [0.15, 0.2) is 0 Å². The zero-order chi connectivity index (χ0) is 15.9. The zero-order valence-corrected chi connectivity index (χ0v) is 13.5. The lowest BCUT2D eigenvalue weighted by Gasteiger charge is -2.18. The fourth-order valence-electron chi connectivity index (χ4n) is 2.22. The Morgan fingerprint density at radius 2 is 1.91 bits per heavy atom. The molecule has 1 aromatic heterocycles. The van der Waals surface area contributed by atoms with Crippen LogP contribution in [0.15, 0.2) is 42.7 Å². The Morgan fingerprint density at radius 3 is 2.64 bits per heavy atom. The maximum atomic E-state index is 12.2. The van der Waals surface area contributed by atoms with Crippen molar-refractivity contribution in [3.63, 3.8) is 0 Å². The lowest BCUT2D eigenvalue weighted by molar-refractivity contribution is -0.127. The van der Waals surface area contributed by atoms with Gasteiger partial charge in [-0.15, -0.1) is 0 Å². The van der Waals surface area contributed by atoms with Crippen LogP contribution in [-0.4, -0.2) is 35.9 Å². The number of aryl methyl sites for hydroxylation is 1. The highest BCUT2D eigenvalue weighted by Gasteiger charge is 2.09. The van der Waals surface area contributed by atoms with Crippen LogP contribution in [-0.2, 0) is 11.2 Å². The van der Waals surface area contributed by atoms with Gasteiger partial charge in [-0.1, -0.05) is 12.1 Å². The van der Waals surface area contributed by atoms with Crippen molar-refractivity contribution in [1.82, 2.24) is 9.88 Å². The van der Waals surface area contributed by atoms with Crippen LogP contribution in [0.3, 0.4) is 0 Å². The van der Waals surface area contributed by atoms with Gasteiger partial charge in [0, 0.05) is 31.7 Å². The molecular weight excluding hydrogens is 274 g/mol. The summed E-state index contributed by atoms with van der Waals surface area (Å²) in [5, 5.41) is 3.23. The van der Waals surface area contributed by atoms with Crippen LogP contribution in [0.1, 0.15) is 16.7 Å². The molecule has 0 aliphatic heterocycles. The lowest BCUT2D eigenvalue weighted by atomic mass is 10.1. The summed E-state index contributed by atoms with van der Waals surface area (Å²) in [4.78, 5) is 17.9. The summed E-state index contributed by atoms with van der Waals surface area (Å²) in [6.45, 7) is 5.16. The first kappa shape index (κ1) is 16.0. The van der Waals surface area contributed by atoms with Gasteiger partial charge in [0.25, 0.3) is 0 Å². The summed E-state index contributed by atoms with van der Waals surface area (Å²) >= 11 is 0. The van der Waals surface area contributed by atoms with Crippen LogP contribution in [0, 0.1) is 13.8 Å². The van der Waals surface area contributed by atoms with Gasteiger partial charge in [-0.05, 0) is 55.2 Å². The van der Waals surface area contributed by atoms with Gasteiger partial charge in [0.05, 0.1) is 6.54 Å². The summed E-state index contributed by atoms with van der Waals surface area (Å²) in [6.07, 6.45) is 4.40. The van der Waals surface area contributed by atoms with Crippen molar-refractivity contribution in [1.29, 1.82) is 0 Å². The minimum Gasteiger partial charge on any atom is -0.376 e. The van der Waals surface area contributed by atoms with E-state index in [-0.39, 0.29) is 5.91 Å². The third kappa shape index (κ3) is 4.32. The second kappa shape index (κ2) is 7.59. The van der Waals surface area contributed by atoms with E-state index < -0.39 is 0 Å². The van der Waals surface area contributed by atoms with Crippen molar-refractivity contribution in [3.05, 3.63) is 59.4 Å². The topological polar surface area (TPSA) is 45.2 Å². The van der Waals surface area contributed by atoms with Crippen LogP contribution in [0.4, 0.5) is 5.69 Å². The normalized spacial score (nSPS) is 10.3. The second-order valence-corrected chi connectivity index (χ2v) is 5.52. The van der Waals surface area contributed by atoms with E-state index in [0.717, 1.165) is 12.1 Å². The maximum absolute atomic E-state index is 12.2. The van der Waals surface area contributed by atoms with E-state index in [1.807, 2.05) is 31.3 Å². The average Bonchev–Trinajstić information content (AvgIpc) is 2.54. The number of carbonyl (C=O) groups excluding carboxylic acids is 1. The Balaban J connectivity index is 1.82. The first-order chi connectivity index (χ1) is 10.6. The summed E-state index contributed by atoms with van der Waals surface area (Å²) in [7, 11) is 1.84. The number of hydrogen-bond acceptors (Lipinski definition) is 3. The Morgan fingerprint density at radius 1 is 1.18 bits per heavy atom. The lowest BCUT2D eigenvalue weighted by Crippen LogP contribution is -2.33. The minimum absolute atomic E-state index is 0.0926. The molecule has 0 atom stereocenters. The molecule has 1 aromatic carbocycles. The van der Waals surface area contributed by atoms with Crippen LogP contribution in [0.2, 0.25) is 0 Å². The van der Waals surface area contributed by atoms with Gasteiger partial charge in [-0.25, -0.2) is 0 Å². The molecule has 22 heavy (non-hydrogen) atoms. The third-order valence-corrected chi connectivity index (χ3v) is 3.95. The van der Waals surface area contributed by atoms with Crippen molar-refractivity contribution < 1.29 is 4.79 Å². The molecule has 2 rings (SSSR count). The third-order valence-electron chi connectivity index (χ3n) is 3.95. The number of benzene rings is 1. The molecular formula is C18H23N3O. The van der Waals surface area contributed by atoms with Crippen LogP contribution < -0.4 is 5.32 Å². The highest BCUT2D eigenvalue weighted by Crippen LogP contribution is 2.17. The van der Waals surface area contributed by atoms with Crippen LogP contribution in [0.25, 0.3) is 0 Å². The van der Waals surface area contributed by atoms with E-state index >= 15 is 0 Å². The number of carbonyl (C=O) groups is 1. The highest BCUT2D eigenvalue weighted by molar-refractivity contribution is 5.81. The predicted octanol–water partition coefficient (Wildman–Crippen LogP) is 2.81. The fourth-order valence-corrected chi connectivity index (χ4v) is 2.22. The van der Waals surface area contributed by atoms with E-state index in [1.165, 1.54) is 16.7 Å². The molecule has 2 aromatic rings. The van der Waals surface area contributed by atoms with E-state index in [4.69, 9.17) is 0 Å². The maximum Gasteiger partial charge on any atom is 0.241 e. The van der Waals surface area contributed by atoms with E-state index in [1.54, 1.807) is 17.3 Å². The Labute approximate surface area is 132 Å². The van der Waals surface area contributed by atoms with Gasteiger partial charge >= 0.3 is 0 Å². The number of nitrogens with zero attached hydrogens (tertiary/aromatic N) is 2. The molecule has 0 saturated carbocycles. The van der Waals surface area contributed by atoms with Crippen molar-refractivity contribution in [2.24, 2.45) is 0 Å². The summed E-state index contributed by atoms with van der Waals surface area (Å²) in [5.74, 6) is 0.0926. The Hall–Kier alpha value is -2.36. The Bertz CT molecular complexity index is 625. The van der Waals surface area contributed by atoms with Crippen molar-refractivity contribution in [2.75, 3.05) is 25.5 Å². The first-order valence-corrected chi connectivity index (χ1v) is 7.51. The SMILES string of the molecule is Cc1cccc(NCC(=O)N(C)CCc2ccncc2)c1C. The number of amides is 1. The number of aromatic nitrogens is 1. The molecule has 0 bridgehead atoms. The number of hydrogen-bond donors (Lipinski definition) is 1. The standard InChI is InChI=1S/C18H23N3O/c1-14-5-4-6-17(15(14)2)20-13-18(22)21(3)12-9-16-7-10-19-11-8-16/h4-8,10-11,20H,9,12-13H2,1-3H3. The molecule has 4 heteroatoms. The van der Waals surface area contributed by atoms with Gasteiger partial charge < -0.3 is 10.2 Å². The molecule has 0 unspecified atom stereocenters. The number of rotatable bonds is 6. The summed E-state index contributed by atoms with van der Waals surface area (Å²) in [5.41, 5.74) is 4.63. The molecule has 116 valence electrons. The molecule has 0 saturated heterocycles. The van der Waals surface area contributed by atoms with Crippen molar-refractivity contribution in [2.45, 2.75) is 20.3 Å². The molecule has 1 heterocycles. The fraction of sp³-hybridized carbons (Fsp3) is 0.333. The van der Waals surface area contributed by atoms with Crippen molar-refractivity contribution in [3.8, 4) is 0 Å². The van der Waals surface area contributed by atoms with E-state index in [2.05, 4.69) is 30.2 Å². The molecule has 4 nitrogen and oxygen atoms in total. The number of anilines is 1. The van der Waals surface area contributed by atoms with Gasteiger partial charge in [0.2, 0.25) is 5.91 Å². The van der Waals surface area contributed by atoms with Gasteiger partial charge in [-0.2, -0.15) is 0 Å². The molecule has 0 fully saturated rings. The molecule has 0 radical (unpaired) electrons. The molecule has 0 aliphatic rings. The van der Waals surface area contributed by atoms with Crippen LogP contribution in [0.5, 0.6) is 0 Å². The second-order valence-electron chi connectivity index (χ2n) is 5.52.